The molecule has 0 bridgehead atoms. The summed E-state index contributed by atoms with van der Waals surface area (Å²) in [6.07, 6.45) is 4.06. The fourth-order valence-corrected chi connectivity index (χ4v) is 4.35. The number of hydrogen-bond acceptors (Lipinski definition) is 4. The van der Waals surface area contributed by atoms with Gasteiger partial charge < -0.3 is 4.40 Å². The van der Waals surface area contributed by atoms with Gasteiger partial charge in [-0.1, -0.05) is 48.2 Å². The quantitative estimate of drug-likeness (QED) is 0.340. The monoisotopic (exact) mass is 429 g/mol. The highest BCUT2D eigenvalue weighted by Gasteiger charge is 2.16. The van der Waals surface area contributed by atoms with Crippen LogP contribution in [-0.2, 0) is 12.3 Å². The Balaban J connectivity index is 1.46. The van der Waals surface area contributed by atoms with Crippen LogP contribution < -0.4 is 0 Å². The zero-order chi connectivity index (χ0) is 21.2. The van der Waals surface area contributed by atoms with Gasteiger partial charge >= 0.3 is 0 Å². The number of aromatic nitrogens is 5. The molecule has 7 heteroatoms. The maximum Gasteiger partial charge on any atom is 0.192 e. The van der Waals surface area contributed by atoms with Crippen molar-refractivity contribution in [1.29, 1.82) is 0 Å². The average Bonchev–Trinajstić information content (AvgIpc) is 3.38. The first kappa shape index (κ1) is 19.5. The lowest BCUT2D eigenvalue weighted by Crippen LogP contribution is -2.04. The normalized spacial score (nSPS) is 11.3. The van der Waals surface area contributed by atoms with Gasteiger partial charge in [0.2, 0.25) is 0 Å². The standard InChI is InChI=1S/C24H20FN5S/c1-17-6-5-13-29-15-21(26-22(17)29)16-31-24-28-27-23(19-9-11-20(25)12-10-19)30(24)14-18-7-3-2-4-8-18/h2-13,15H,14,16H2,1H3. The third kappa shape index (κ3) is 4.09. The van der Waals surface area contributed by atoms with Gasteiger partial charge in [-0.2, -0.15) is 0 Å². The Morgan fingerprint density at radius 1 is 0.935 bits per heavy atom. The minimum atomic E-state index is -0.269. The van der Waals surface area contributed by atoms with Crippen LogP contribution in [0.1, 0.15) is 16.8 Å². The molecule has 0 amide bonds. The summed E-state index contributed by atoms with van der Waals surface area (Å²) in [5.74, 6) is 1.13. The first-order chi connectivity index (χ1) is 15.2. The Kier molecular flexibility index (Phi) is 5.26. The number of imidazole rings is 1. The van der Waals surface area contributed by atoms with E-state index in [2.05, 4.69) is 39.9 Å². The van der Waals surface area contributed by atoms with Crippen LogP contribution in [0.4, 0.5) is 4.39 Å². The fraction of sp³-hybridized carbons (Fsp3) is 0.125. The number of fused-ring (bicyclic) bond motifs is 1. The Labute approximate surface area is 183 Å². The van der Waals surface area contributed by atoms with Crippen LogP contribution >= 0.6 is 11.8 Å². The second-order valence-corrected chi connectivity index (χ2v) is 8.27. The number of hydrogen-bond donors (Lipinski definition) is 0. The maximum absolute atomic E-state index is 13.4. The van der Waals surface area contributed by atoms with E-state index >= 15 is 0 Å². The Morgan fingerprint density at radius 2 is 1.74 bits per heavy atom. The molecule has 0 aliphatic heterocycles. The van der Waals surface area contributed by atoms with Crippen molar-refractivity contribution in [3.05, 3.63) is 102 Å². The Bertz CT molecular complexity index is 1330. The van der Waals surface area contributed by atoms with E-state index in [1.807, 2.05) is 41.1 Å². The average molecular weight is 430 g/mol. The maximum atomic E-state index is 13.4. The van der Waals surface area contributed by atoms with Gasteiger partial charge in [-0.05, 0) is 48.4 Å². The molecule has 5 rings (SSSR count). The van der Waals surface area contributed by atoms with E-state index in [0.717, 1.165) is 39.0 Å². The molecule has 0 saturated heterocycles. The molecule has 0 spiro atoms. The van der Waals surface area contributed by atoms with E-state index in [-0.39, 0.29) is 5.82 Å². The van der Waals surface area contributed by atoms with Gasteiger partial charge in [0.15, 0.2) is 11.0 Å². The summed E-state index contributed by atoms with van der Waals surface area (Å²) >= 11 is 1.60. The van der Waals surface area contributed by atoms with Crippen molar-refractivity contribution in [2.24, 2.45) is 0 Å². The fourth-order valence-electron chi connectivity index (χ4n) is 3.53. The second-order valence-electron chi connectivity index (χ2n) is 7.33. The molecule has 0 saturated carbocycles. The predicted octanol–water partition coefficient (Wildman–Crippen LogP) is 5.38. The summed E-state index contributed by atoms with van der Waals surface area (Å²) in [6.45, 7) is 2.69. The zero-order valence-electron chi connectivity index (χ0n) is 16.9. The zero-order valence-corrected chi connectivity index (χ0v) is 17.8. The van der Waals surface area contributed by atoms with Crippen molar-refractivity contribution in [3.63, 3.8) is 0 Å². The Morgan fingerprint density at radius 3 is 2.52 bits per heavy atom. The summed E-state index contributed by atoms with van der Waals surface area (Å²) in [5, 5.41) is 9.67. The van der Waals surface area contributed by atoms with Gasteiger partial charge in [-0.15, -0.1) is 10.2 Å². The first-order valence-electron chi connectivity index (χ1n) is 9.96. The summed E-state index contributed by atoms with van der Waals surface area (Å²) in [6, 6.07) is 20.6. The largest absolute Gasteiger partial charge is 0.307 e. The number of halogens is 1. The lowest BCUT2D eigenvalue weighted by atomic mass is 10.2. The molecule has 0 N–H and O–H groups in total. The number of aryl methyl sites for hydroxylation is 1. The van der Waals surface area contributed by atoms with Gasteiger partial charge in [-0.25, -0.2) is 9.37 Å². The van der Waals surface area contributed by atoms with Gasteiger partial charge in [0.25, 0.3) is 0 Å². The number of thioether (sulfide) groups is 1. The first-order valence-corrected chi connectivity index (χ1v) is 10.9. The van der Waals surface area contributed by atoms with Crippen LogP contribution in [0.3, 0.4) is 0 Å². The topological polar surface area (TPSA) is 48.0 Å². The molecule has 5 aromatic rings. The molecular weight excluding hydrogens is 409 g/mol. The highest BCUT2D eigenvalue weighted by molar-refractivity contribution is 7.98. The predicted molar refractivity (Wildman–Crippen MR) is 120 cm³/mol. The van der Waals surface area contributed by atoms with Crippen LogP contribution in [-0.4, -0.2) is 24.1 Å². The highest BCUT2D eigenvalue weighted by Crippen LogP contribution is 2.27. The molecule has 3 aromatic heterocycles. The lowest BCUT2D eigenvalue weighted by Gasteiger charge is -2.10. The summed E-state index contributed by atoms with van der Waals surface area (Å²) in [4.78, 5) is 4.76. The van der Waals surface area contributed by atoms with Crippen molar-refractivity contribution in [1.82, 2.24) is 24.1 Å². The van der Waals surface area contributed by atoms with Crippen molar-refractivity contribution >= 4 is 17.4 Å². The highest BCUT2D eigenvalue weighted by atomic mass is 32.2. The smallest absolute Gasteiger partial charge is 0.192 e. The minimum Gasteiger partial charge on any atom is -0.307 e. The van der Waals surface area contributed by atoms with E-state index < -0.39 is 0 Å². The molecule has 0 aliphatic rings. The van der Waals surface area contributed by atoms with Crippen LogP contribution in [0.15, 0.2) is 84.3 Å². The van der Waals surface area contributed by atoms with E-state index in [9.17, 15) is 4.39 Å². The van der Waals surface area contributed by atoms with Gasteiger partial charge in [0.05, 0.1) is 12.2 Å². The van der Waals surface area contributed by atoms with E-state index in [4.69, 9.17) is 4.98 Å². The van der Waals surface area contributed by atoms with E-state index in [1.165, 1.54) is 12.1 Å². The number of benzene rings is 2. The van der Waals surface area contributed by atoms with Crippen LogP contribution in [0, 0.1) is 12.7 Å². The summed E-state index contributed by atoms with van der Waals surface area (Å²) < 4.78 is 17.5. The van der Waals surface area contributed by atoms with Crippen LogP contribution in [0.5, 0.6) is 0 Å². The Hall–Kier alpha value is -3.45. The van der Waals surface area contributed by atoms with Crippen molar-refractivity contribution in [2.45, 2.75) is 24.4 Å². The van der Waals surface area contributed by atoms with Gasteiger partial charge in [-0.3, -0.25) is 4.57 Å². The summed E-state index contributed by atoms with van der Waals surface area (Å²) in [7, 11) is 0. The molecule has 0 unspecified atom stereocenters. The summed E-state index contributed by atoms with van der Waals surface area (Å²) in [5.41, 5.74) is 5.08. The third-order valence-electron chi connectivity index (χ3n) is 5.08. The van der Waals surface area contributed by atoms with Crippen LogP contribution in [0.2, 0.25) is 0 Å². The minimum absolute atomic E-state index is 0.269. The van der Waals surface area contributed by atoms with Crippen LogP contribution in [0.25, 0.3) is 17.0 Å². The molecular formula is C24H20FN5S. The third-order valence-corrected chi connectivity index (χ3v) is 6.08. The van der Waals surface area contributed by atoms with E-state index in [1.54, 1.807) is 23.9 Å². The van der Waals surface area contributed by atoms with Crippen molar-refractivity contribution < 1.29 is 4.39 Å². The molecule has 3 heterocycles. The molecule has 0 atom stereocenters. The van der Waals surface area contributed by atoms with Crippen molar-refractivity contribution in [3.8, 4) is 11.4 Å². The molecule has 2 aromatic carbocycles. The SMILES string of the molecule is Cc1cccn2cc(CSc3nnc(-c4ccc(F)cc4)n3Cc3ccccc3)nc12. The number of pyridine rings is 1. The molecule has 5 nitrogen and oxygen atoms in total. The number of nitrogens with zero attached hydrogens (tertiary/aromatic N) is 5. The number of rotatable bonds is 6. The van der Waals surface area contributed by atoms with Crippen molar-refractivity contribution in [2.75, 3.05) is 0 Å². The van der Waals surface area contributed by atoms with E-state index in [0.29, 0.717) is 12.3 Å². The lowest BCUT2D eigenvalue weighted by molar-refractivity contribution is 0.628. The molecule has 154 valence electrons. The molecule has 0 radical (unpaired) electrons. The molecule has 0 fully saturated rings. The van der Waals surface area contributed by atoms with Gasteiger partial charge in [0, 0.05) is 23.7 Å². The second kappa shape index (κ2) is 8.35. The molecule has 0 aliphatic carbocycles. The molecule has 31 heavy (non-hydrogen) atoms. The van der Waals surface area contributed by atoms with Gasteiger partial charge in [0.1, 0.15) is 11.5 Å².